The summed E-state index contributed by atoms with van der Waals surface area (Å²) < 4.78 is 0. The molecule has 4 rings (SSSR count). The molecule has 0 N–H and O–H groups in total. The Balaban J connectivity index is 1.56. The fourth-order valence-electron chi connectivity index (χ4n) is 3.07. The molecule has 0 bridgehead atoms. The van der Waals surface area contributed by atoms with E-state index in [1.165, 1.54) is 16.0 Å². The maximum atomic E-state index is 12.7. The number of thiazole rings is 1. The van der Waals surface area contributed by atoms with Crippen LogP contribution >= 0.6 is 11.3 Å². The van der Waals surface area contributed by atoms with Gasteiger partial charge in [0.15, 0.2) is 0 Å². The summed E-state index contributed by atoms with van der Waals surface area (Å²) in [6.07, 6.45) is 0.829. The van der Waals surface area contributed by atoms with Gasteiger partial charge in [-0.05, 0) is 26.0 Å². The van der Waals surface area contributed by atoms with Gasteiger partial charge >= 0.3 is 0 Å². The predicted octanol–water partition coefficient (Wildman–Crippen LogP) is 4.63. The number of carbonyl (C=O) groups excluding carboxylic acids is 1. The monoisotopic (exact) mass is 348 g/mol. The molecular weight excluding hydrogens is 328 g/mol. The number of rotatable bonds is 2. The molecule has 0 fully saturated rings. The molecule has 1 aliphatic heterocycles. The summed E-state index contributed by atoms with van der Waals surface area (Å²) in [5, 5.41) is 1.05. The van der Waals surface area contributed by atoms with E-state index < -0.39 is 0 Å². The highest BCUT2D eigenvalue weighted by molar-refractivity contribution is 7.15. The summed E-state index contributed by atoms with van der Waals surface area (Å²) in [7, 11) is 0. The quantitative estimate of drug-likeness (QED) is 0.677. The van der Waals surface area contributed by atoms with Crippen molar-refractivity contribution in [3.63, 3.8) is 0 Å². The van der Waals surface area contributed by atoms with Crippen LogP contribution in [0.25, 0.3) is 10.6 Å². The fraction of sp³-hybridized carbons (Fsp3) is 0.238. The normalized spacial score (nSPS) is 13.6. The largest absolute Gasteiger partial charge is 0.333 e. The molecule has 0 radical (unpaired) electrons. The molecule has 0 spiro atoms. The Kier molecular flexibility index (Phi) is 4.14. The first-order chi connectivity index (χ1) is 12.1. The van der Waals surface area contributed by atoms with E-state index in [1.807, 2.05) is 36.1 Å². The second kappa shape index (κ2) is 6.45. The minimum Gasteiger partial charge on any atom is -0.333 e. The molecule has 0 saturated heterocycles. The van der Waals surface area contributed by atoms with E-state index in [2.05, 4.69) is 31.2 Å². The summed E-state index contributed by atoms with van der Waals surface area (Å²) in [5.41, 5.74) is 5.48. The van der Waals surface area contributed by atoms with Gasteiger partial charge in [-0.3, -0.25) is 4.79 Å². The van der Waals surface area contributed by atoms with Gasteiger partial charge in [0.1, 0.15) is 5.01 Å². The van der Waals surface area contributed by atoms with Crippen LogP contribution in [-0.2, 0) is 13.0 Å². The van der Waals surface area contributed by atoms with Gasteiger partial charge in [-0.2, -0.15) is 0 Å². The van der Waals surface area contributed by atoms with Gasteiger partial charge in [0.2, 0.25) is 0 Å². The summed E-state index contributed by atoms with van der Waals surface area (Å²) in [5.74, 6) is 0.107. The molecule has 0 saturated carbocycles. The van der Waals surface area contributed by atoms with E-state index >= 15 is 0 Å². The highest BCUT2D eigenvalue weighted by Crippen LogP contribution is 2.32. The molecule has 2 heterocycles. The van der Waals surface area contributed by atoms with Crippen LogP contribution in [0.1, 0.15) is 32.1 Å². The number of fused-ring (bicyclic) bond motifs is 1. The van der Waals surface area contributed by atoms with Crippen molar-refractivity contribution in [2.75, 3.05) is 6.54 Å². The third-order valence-corrected chi connectivity index (χ3v) is 5.75. The van der Waals surface area contributed by atoms with Crippen molar-refractivity contribution in [2.24, 2.45) is 0 Å². The summed E-state index contributed by atoms with van der Waals surface area (Å²) in [6.45, 7) is 5.51. The van der Waals surface area contributed by atoms with Crippen molar-refractivity contribution in [1.29, 1.82) is 0 Å². The summed E-state index contributed by atoms with van der Waals surface area (Å²) in [4.78, 5) is 20.7. The molecule has 1 aromatic heterocycles. The minimum absolute atomic E-state index is 0.107. The van der Waals surface area contributed by atoms with E-state index in [4.69, 9.17) is 4.98 Å². The van der Waals surface area contributed by atoms with Crippen LogP contribution in [0.2, 0.25) is 0 Å². The zero-order chi connectivity index (χ0) is 17.4. The van der Waals surface area contributed by atoms with Gasteiger partial charge < -0.3 is 4.90 Å². The first-order valence-electron chi connectivity index (χ1n) is 8.52. The van der Waals surface area contributed by atoms with Crippen LogP contribution in [0.15, 0.2) is 48.5 Å². The number of aromatic nitrogens is 1. The third kappa shape index (κ3) is 3.22. The van der Waals surface area contributed by atoms with E-state index in [0.29, 0.717) is 6.54 Å². The van der Waals surface area contributed by atoms with E-state index in [9.17, 15) is 4.79 Å². The third-order valence-electron chi connectivity index (χ3n) is 4.62. The second-order valence-electron chi connectivity index (χ2n) is 6.60. The maximum Gasteiger partial charge on any atom is 0.254 e. The molecule has 126 valence electrons. The molecule has 4 heteroatoms. The van der Waals surface area contributed by atoms with Crippen molar-refractivity contribution in [1.82, 2.24) is 9.88 Å². The number of carbonyl (C=O) groups is 1. The summed E-state index contributed by atoms with van der Waals surface area (Å²) in [6, 6.07) is 16.3. The van der Waals surface area contributed by atoms with Crippen molar-refractivity contribution < 1.29 is 4.79 Å². The van der Waals surface area contributed by atoms with Crippen LogP contribution in [0.4, 0.5) is 0 Å². The van der Waals surface area contributed by atoms with Crippen LogP contribution in [-0.4, -0.2) is 22.3 Å². The lowest BCUT2D eigenvalue weighted by Gasteiger charge is -2.26. The second-order valence-corrected chi connectivity index (χ2v) is 7.68. The highest BCUT2D eigenvalue weighted by atomic mass is 32.1. The Morgan fingerprint density at radius 1 is 1.00 bits per heavy atom. The lowest BCUT2D eigenvalue weighted by molar-refractivity contribution is 0.0736. The van der Waals surface area contributed by atoms with Crippen LogP contribution in [0, 0.1) is 13.8 Å². The Morgan fingerprint density at radius 2 is 1.64 bits per heavy atom. The van der Waals surface area contributed by atoms with Gasteiger partial charge in [-0.25, -0.2) is 4.98 Å². The van der Waals surface area contributed by atoms with Crippen LogP contribution in [0.3, 0.4) is 0 Å². The molecule has 0 atom stereocenters. The minimum atomic E-state index is 0.107. The molecule has 3 aromatic rings. The van der Waals surface area contributed by atoms with Crippen molar-refractivity contribution in [3.05, 3.63) is 75.8 Å². The lowest BCUT2D eigenvalue weighted by atomic mass is 10.1. The molecular formula is C21H20N2OS. The van der Waals surface area contributed by atoms with E-state index in [0.717, 1.165) is 34.8 Å². The Morgan fingerprint density at radius 3 is 2.32 bits per heavy atom. The molecule has 0 aliphatic carbocycles. The highest BCUT2D eigenvalue weighted by Gasteiger charge is 2.25. The number of hydrogen-bond acceptors (Lipinski definition) is 3. The van der Waals surface area contributed by atoms with Crippen LogP contribution in [0.5, 0.6) is 0 Å². The first kappa shape index (κ1) is 16.0. The SMILES string of the molecule is Cc1ccc(C(=O)N2CCc3nc(-c4ccc(C)cc4)sc3C2)cc1. The molecule has 1 amide bonds. The Hall–Kier alpha value is -2.46. The number of benzene rings is 2. The standard InChI is InChI=1S/C21H20N2OS/c1-14-3-7-16(8-4-14)20-22-18-11-12-23(13-19(18)25-20)21(24)17-9-5-15(2)6-10-17/h3-10H,11-13H2,1-2H3. The Bertz CT molecular complexity index is 910. The molecule has 3 nitrogen and oxygen atoms in total. The van der Waals surface area contributed by atoms with E-state index in [1.54, 1.807) is 11.3 Å². The van der Waals surface area contributed by atoms with Crippen molar-refractivity contribution in [3.8, 4) is 10.6 Å². The van der Waals surface area contributed by atoms with Crippen LogP contribution < -0.4 is 0 Å². The molecule has 25 heavy (non-hydrogen) atoms. The van der Waals surface area contributed by atoms with E-state index in [-0.39, 0.29) is 5.91 Å². The van der Waals surface area contributed by atoms with Gasteiger partial charge in [0.05, 0.1) is 12.2 Å². The number of aryl methyl sites for hydroxylation is 2. The average molecular weight is 348 g/mol. The number of nitrogens with zero attached hydrogens (tertiary/aromatic N) is 2. The van der Waals surface area contributed by atoms with Gasteiger partial charge in [-0.1, -0.05) is 47.5 Å². The topological polar surface area (TPSA) is 33.2 Å². The number of hydrogen-bond donors (Lipinski definition) is 0. The first-order valence-corrected chi connectivity index (χ1v) is 9.33. The molecule has 2 aromatic carbocycles. The average Bonchev–Trinajstić information content (AvgIpc) is 3.05. The zero-order valence-corrected chi connectivity index (χ0v) is 15.3. The maximum absolute atomic E-state index is 12.7. The van der Waals surface area contributed by atoms with Crippen molar-refractivity contribution >= 4 is 17.2 Å². The van der Waals surface area contributed by atoms with Gasteiger partial charge in [0.25, 0.3) is 5.91 Å². The zero-order valence-electron chi connectivity index (χ0n) is 14.5. The smallest absolute Gasteiger partial charge is 0.254 e. The Labute approximate surface area is 152 Å². The van der Waals surface area contributed by atoms with Gasteiger partial charge in [0, 0.05) is 29.0 Å². The number of amides is 1. The van der Waals surface area contributed by atoms with Gasteiger partial charge in [-0.15, -0.1) is 11.3 Å². The molecule has 0 unspecified atom stereocenters. The molecule has 1 aliphatic rings. The lowest BCUT2D eigenvalue weighted by Crippen LogP contribution is -2.35. The summed E-state index contributed by atoms with van der Waals surface area (Å²) >= 11 is 1.71. The van der Waals surface area contributed by atoms with Crippen molar-refractivity contribution in [2.45, 2.75) is 26.8 Å². The predicted molar refractivity (Wildman–Crippen MR) is 102 cm³/mol. The fourth-order valence-corrected chi connectivity index (χ4v) is 4.20.